The number of amides is 2. The monoisotopic (exact) mass is 291 g/mol. The maximum absolute atomic E-state index is 12.3. The van der Waals surface area contributed by atoms with Gasteiger partial charge in [-0.25, -0.2) is 0 Å². The lowest BCUT2D eigenvalue weighted by atomic mass is 10.1. The summed E-state index contributed by atoms with van der Waals surface area (Å²) in [6.07, 6.45) is 0.539. The van der Waals surface area contributed by atoms with Gasteiger partial charge in [-0.3, -0.25) is 14.5 Å². The lowest BCUT2D eigenvalue weighted by Crippen LogP contribution is -2.31. The molecule has 0 aliphatic carbocycles. The highest BCUT2D eigenvalue weighted by Crippen LogP contribution is 2.27. The van der Waals surface area contributed by atoms with E-state index in [0.717, 1.165) is 5.56 Å². The fourth-order valence-electron chi connectivity index (χ4n) is 2.55. The first kappa shape index (κ1) is 13.8. The summed E-state index contributed by atoms with van der Waals surface area (Å²) in [6, 6.07) is 14.0. The lowest BCUT2D eigenvalue weighted by Gasteiger charge is -2.13. The van der Waals surface area contributed by atoms with Gasteiger partial charge < -0.3 is 5.73 Å². The predicted octanol–water partition coefficient (Wildman–Crippen LogP) is 1.98. The zero-order chi connectivity index (χ0) is 15.7. The molecule has 0 atom stereocenters. The van der Waals surface area contributed by atoms with E-state index >= 15 is 0 Å². The topological polar surface area (TPSA) is 87.2 Å². The van der Waals surface area contributed by atoms with Gasteiger partial charge in [-0.1, -0.05) is 18.2 Å². The molecule has 0 bridgehead atoms. The fourth-order valence-corrected chi connectivity index (χ4v) is 2.55. The SMILES string of the molecule is N#Cc1ccc(CCN2C(=O)c3cccc(N)c3C2=O)cc1. The Labute approximate surface area is 127 Å². The van der Waals surface area contributed by atoms with Crippen LogP contribution in [0.25, 0.3) is 0 Å². The maximum Gasteiger partial charge on any atom is 0.263 e. The average molecular weight is 291 g/mol. The minimum Gasteiger partial charge on any atom is -0.398 e. The standard InChI is InChI=1S/C17H13N3O2/c18-10-12-6-4-11(5-7-12)8-9-20-16(21)13-2-1-3-14(19)15(13)17(20)22/h1-7H,8-9,19H2. The van der Waals surface area contributed by atoms with Crippen molar-refractivity contribution >= 4 is 17.5 Å². The third-order valence-corrected chi connectivity index (χ3v) is 3.74. The molecule has 1 aliphatic heterocycles. The Morgan fingerprint density at radius 2 is 1.77 bits per heavy atom. The summed E-state index contributed by atoms with van der Waals surface area (Å²) in [4.78, 5) is 25.8. The summed E-state index contributed by atoms with van der Waals surface area (Å²) in [5, 5.41) is 8.77. The number of nitrogens with zero attached hydrogens (tertiary/aromatic N) is 2. The van der Waals surface area contributed by atoms with Crippen LogP contribution < -0.4 is 5.73 Å². The molecule has 3 rings (SSSR count). The van der Waals surface area contributed by atoms with Gasteiger partial charge in [0.05, 0.1) is 22.8 Å². The summed E-state index contributed by atoms with van der Waals surface area (Å²) < 4.78 is 0. The quantitative estimate of drug-likeness (QED) is 0.692. The number of fused-ring (bicyclic) bond motifs is 1. The zero-order valence-corrected chi connectivity index (χ0v) is 11.7. The van der Waals surface area contributed by atoms with Crippen molar-refractivity contribution in [3.05, 3.63) is 64.7 Å². The molecule has 0 radical (unpaired) electrons. The van der Waals surface area contributed by atoms with Gasteiger partial charge in [0.25, 0.3) is 11.8 Å². The van der Waals surface area contributed by atoms with Crippen LogP contribution in [0.3, 0.4) is 0 Å². The van der Waals surface area contributed by atoms with Gasteiger partial charge in [0.15, 0.2) is 0 Å². The molecule has 0 saturated heterocycles. The van der Waals surface area contributed by atoms with Crippen molar-refractivity contribution in [2.75, 3.05) is 12.3 Å². The van der Waals surface area contributed by atoms with Gasteiger partial charge in [0.2, 0.25) is 0 Å². The second-order valence-electron chi connectivity index (χ2n) is 5.09. The van der Waals surface area contributed by atoms with E-state index in [9.17, 15) is 9.59 Å². The molecule has 1 aliphatic rings. The molecule has 5 heteroatoms. The molecule has 0 unspecified atom stereocenters. The van der Waals surface area contributed by atoms with E-state index in [1.54, 1.807) is 30.3 Å². The number of nitriles is 1. The maximum atomic E-state index is 12.3. The minimum absolute atomic E-state index is 0.289. The first-order valence-electron chi connectivity index (χ1n) is 6.85. The number of carbonyl (C=O) groups is 2. The van der Waals surface area contributed by atoms with Crippen LogP contribution in [0, 0.1) is 11.3 Å². The number of hydrogen-bond donors (Lipinski definition) is 1. The molecule has 22 heavy (non-hydrogen) atoms. The average Bonchev–Trinajstić information content (AvgIpc) is 2.78. The molecule has 2 N–H and O–H groups in total. The number of carbonyl (C=O) groups excluding carboxylic acids is 2. The van der Waals surface area contributed by atoms with Crippen molar-refractivity contribution in [3.63, 3.8) is 0 Å². The fraction of sp³-hybridized carbons (Fsp3) is 0.118. The smallest absolute Gasteiger partial charge is 0.263 e. The number of hydrogen-bond acceptors (Lipinski definition) is 4. The molecule has 2 aromatic carbocycles. The summed E-state index contributed by atoms with van der Waals surface area (Å²) in [5.41, 5.74) is 8.33. The number of benzene rings is 2. The third kappa shape index (κ3) is 2.21. The largest absolute Gasteiger partial charge is 0.398 e. The predicted molar refractivity (Wildman–Crippen MR) is 81.1 cm³/mol. The van der Waals surface area contributed by atoms with Crippen LogP contribution in [-0.2, 0) is 6.42 Å². The van der Waals surface area contributed by atoms with Crippen molar-refractivity contribution < 1.29 is 9.59 Å². The summed E-state index contributed by atoms with van der Waals surface area (Å²) in [5.74, 6) is -0.646. The van der Waals surface area contributed by atoms with E-state index in [2.05, 4.69) is 6.07 Å². The van der Waals surface area contributed by atoms with Gasteiger partial charge in [-0.2, -0.15) is 5.26 Å². The first-order valence-corrected chi connectivity index (χ1v) is 6.85. The van der Waals surface area contributed by atoms with Crippen molar-refractivity contribution in [1.82, 2.24) is 4.90 Å². The van der Waals surface area contributed by atoms with Crippen LogP contribution in [0.15, 0.2) is 42.5 Å². The lowest BCUT2D eigenvalue weighted by molar-refractivity contribution is 0.0656. The molecule has 2 amide bonds. The van der Waals surface area contributed by atoms with Crippen LogP contribution in [0.4, 0.5) is 5.69 Å². The highest BCUT2D eigenvalue weighted by molar-refractivity contribution is 6.23. The van der Waals surface area contributed by atoms with Crippen LogP contribution in [0.2, 0.25) is 0 Å². The minimum atomic E-state index is -0.341. The molecule has 5 nitrogen and oxygen atoms in total. The number of nitrogens with two attached hydrogens (primary N) is 1. The number of anilines is 1. The number of imide groups is 1. The molecule has 0 saturated carbocycles. The van der Waals surface area contributed by atoms with Crippen LogP contribution in [-0.4, -0.2) is 23.3 Å². The van der Waals surface area contributed by atoms with Gasteiger partial charge in [0, 0.05) is 12.2 Å². The van der Waals surface area contributed by atoms with E-state index in [1.807, 2.05) is 12.1 Å². The van der Waals surface area contributed by atoms with E-state index in [-0.39, 0.29) is 18.4 Å². The molecule has 1 heterocycles. The van der Waals surface area contributed by atoms with Crippen molar-refractivity contribution in [1.29, 1.82) is 5.26 Å². The Morgan fingerprint density at radius 1 is 1.05 bits per heavy atom. The van der Waals surface area contributed by atoms with E-state index in [4.69, 9.17) is 11.0 Å². The highest BCUT2D eigenvalue weighted by Gasteiger charge is 2.36. The van der Waals surface area contributed by atoms with E-state index < -0.39 is 0 Å². The Kier molecular flexibility index (Phi) is 3.36. The zero-order valence-electron chi connectivity index (χ0n) is 11.7. The van der Waals surface area contributed by atoms with Gasteiger partial charge >= 0.3 is 0 Å². The molecular weight excluding hydrogens is 278 g/mol. The molecule has 0 aromatic heterocycles. The number of nitrogen functional groups attached to an aromatic ring is 1. The van der Waals surface area contributed by atoms with E-state index in [1.165, 1.54) is 4.90 Å². The number of rotatable bonds is 3. The Bertz CT molecular complexity index is 804. The van der Waals surface area contributed by atoms with Gasteiger partial charge in [-0.05, 0) is 36.2 Å². The molecule has 0 spiro atoms. The van der Waals surface area contributed by atoms with Crippen molar-refractivity contribution in [2.24, 2.45) is 0 Å². The van der Waals surface area contributed by atoms with Crippen LogP contribution in [0.5, 0.6) is 0 Å². The second kappa shape index (κ2) is 5.34. The second-order valence-corrected chi connectivity index (χ2v) is 5.09. The summed E-state index contributed by atoms with van der Waals surface area (Å²) in [7, 11) is 0. The summed E-state index contributed by atoms with van der Waals surface area (Å²) >= 11 is 0. The van der Waals surface area contributed by atoms with Crippen LogP contribution >= 0.6 is 0 Å². The Hall–Kier alpha value is -3.13. The normalized spacial score (nSPS) is 13.1. The van der Waals surface area contributed by atoms with Gasteiger partial charge in [0.1, 0.15) is 0 Å². The molecule has 0 fully saturated rings. The van der Waals surface area contributed by atoms with Crippen molar-refractivity contribution in [2.45, 2.75) is 6.42 Å². The molecular formula is C17H13N3O2. The third-order valence-electron chi connectivity index (χ3n) is 3.74. The highest BCUT2D eigenvalue weighted by atomic mass is 16.2. The first-order chi connectivity index (χ1) is 10.6. The van der Waals surface area contributed by atoms with Gasteiger partial charge in [-0.15, -0.1) is 0 Å². The van der Waals surface area contributed by atoms with E-state index in [0.29, 0.717) is 28.8 Å². The Balaban J connectivity index is 1.77. The molecule has 108 valence electrons. The summed E-state index contributed by atoms with van der Waals surface area (Å²) in [6.45, 7) is 0.289. The van der Waals surface area contributed by atoms with Crippen molar-refractivity contribution in [3.8, 4) is 6.07 Å². The van der Waals surface area contributed by atoms with Crippen LogP contribution in [0.1, 0.15) is 31.8 Å². The Morgan fingerprint density at radius 3 is 2.41 bits per heavy atom. The molecule has 2 aromatic rings.